The van der Waals surface area contributed by atoms with Gasteiger partial charge in [-0.05, 0) is 84.0 Å². The highest BCUT2D eigenvalue weighted by Crippen LogP contribution is 2.34. The van der Waals surface area contributed by atoms with E-state index >= 15 is 0 Å². The van der Waals surface area contributed by atoms with Crippen molar-refractivity contribution >= 4 is 0 Å². The second-order valence-corrected chi connectivity index (χ2v) is 5.91. The van der Waals surface area contributed by atoms with Crippen LogP contribution in [0.15, 0.2) is 0 Å². The minimum Gasteiger partial charge on any atom is -0.316 e. The van der Waals surface area contributed by atoms with Gasteiger partial charge in [0.1, 0.15) is 0 Å². The van der Waals surface area contributed by atoms with E-state index in [0.717, 1.165) is 17.9 Å². The predicted molar refractivity (Wildman–Crippen MR) is 69.6 cm³/mol. The monoisotopic (exact) mass is 224 g/mol. The molecule has 1 saturated heterocycles. The fraction of sp³-hybridized carbons (Fsp3) is 1.00. The summed E-state index contributed by atoms with van der Waals surface area (Å²) in [6, 6.07) is 0.824. The van der Waals surface area contributed by atoms with Gasteiger partial charge in [0.25, 0.3) is 0 Å². The molecule has 2 unspecified atom stereocenters. The van der Waals surface area contributed by atoms with Crippen molar-refractivity contribution in [2.45, 2.75) is 51.5 Å². The van der Waals surface area contributed by atoms with Gasteiger partial charge in [-0.1, -0.05) is 0 Å². The SMILES string of the molecule is CC(C1CC1)N(C)CCCC1CCCNC1. The lowest BCUT2D eigenvalue weighted by Gasteiger charge is -2.27. The molecule has 1 aliphatic heterocycles. The molecule has 2 rings (SSSR count). The molecule has 2 fully saturated rings. The Morgan fingerprint density at radius 2 is 2.12 bits per heavy atom. The van der Waals surface area contributed by atoms with Crippen LogP contribution < -0.4 is 5.32 Å². The lowest BCUT2D eigenvalue weighted by molar-refractivity contribution is 0.221. The van der Waals surface area contributed by atoms with Gasteiger partial charge in [-0.15, -0.1) is 0 Å². The smallest absolute Gasteiger partial charge is 0.00921 e. The molecule has 16 heavy (non-hydrogen) atoms. The quantitative estimate of drug-likeness (QED) is 0.746. The van der Waals surface area contributed by atoms with Crippen molar-refractivity contribution < 1.29 is 0 Å². The van der Waals surface area contributed by atoms with E-state index in [1.54, 1.807) is 0 Å². The summed E-state index contributed by atoms with van der Waals surface area (Å²) in [4.78, 5) is 2.58. The highest BCUT2D eigenvalue weighted by atomic mass is 15.1. The molecule has 1 heterocycles. The first-order chi connectivity index (χ1) is 7.77. The van der Waals surface area contributed by atoms with Crippen molar-refractivity contribution in [1.29, 1.82) is 0 Å². The number of nitrogens with zero attached hydrogens (tertiary/aromatic N) is 1. The van der Waals surface area contributed by atoms with Crippen molar-refractivity contribution in [3.63, 3.8) is 0 Å². The van der Waals surface area contributed by atoms with Crippen LogP contribution in [0, 0.1) is 11.8 Å². The van der Waals surface area contributed by atoms with Crippen molar-refractivity contribution in [2.75, 3.05) is 26.7 Å². The van der Waals surface area contributed by atoms with Gasteiger partial charge in [-0.25, -0.2) is 0 Å². The maximum atomic E-state index is 3.51. The van der Waals surface area contributed by atoms with Crippen LogP contribution in [0.3, 0.4) is 0 Å². The number of nitrogens with one attached hydrogen (secondary N) is 1. The summed E-state index contributed by atoms with van der Waals surface area (Å²) in [5.74, 6) is 1.97. The number of hydrogen-bond acceptors (Lipinski definition) is 2. The molecule has 0 aromatic rings. The van der Waals surface area contributed by atoms with Gasteiger partial charge in [0, 0.05) is 6.04 Å². The van der Waals surface area contributed by atoms with E-state index in [0.29, 0.717) is 0 Å². The molecule has 0 radical (unpaired) electrons. The predicted octanol–water partition coefficient (Wildman–Crippen LogP) is 2.50. The van der Waals surface area contributed by atoms with Crippen LogP contribution in [-0.4, -0.2) is 37.6 Å². The summed E-state index contributed by atoms with van der Waals surface area (Å²) in [7, 11) is 2.31. The zero-order valence-electron chi connectivity index (χ0n) is 11.0. The Labute approximate surface area is 101 Å². The highest BCUT2D eigenvalue weighted by Gasteiger charge is 2.30. The molecule has 2 nitrogen and oxygen atoms in total. The zero-order valence-corrected chi connectivity index (χ0v) is 11.0. The zero-order chi connectivity index (χ0) is 11.4. The van der Waals surface area contributed by atoms with Crippen molar-refractivity contribution in [2.24, 2.45) is 11.8 Å². The molecule has 1 saturated carbocycles. The third-order valence-corrected chi connectivity index (χ3v) is 4.52. The topological polar surface area (TPSA) is 15.3 Å². The van der Waals surface area contributed by atoms with Gasteiger partial charge in [-0.2, -0.15) is 0 Å². The van der Waals surface area contributed by atoms with Gasteiger partial charge in [0.05, 0.1) is 0 Å². The highest BCUT2D eigenvalue weighted by molar-refractivity contribution is 4.84. The third-order valence-electron chi connectivity index (χ3n) is 4.52. The molecular weight excluding hydrogens is 196 g/mol. The van der Waals surface area contributed by atoms with Crippen LogP contribution in [0.25, 0.3) is 0 Å². The lowest BCUT2D eigenvalue weighted by Crippen LogP contribution is -2.33. The first-order valence-corrected chi connectivity index (χ1v) is 7.18. The molecule has 0 bridgehead atoms. The van der Waals surface area contributed by atoms with Crippen LogP contribution in [0.1, 0.15) is 45.4 Å². The third kappa shape index (κ3) is 3.74. The van der Waals surface area contributed by atoms with Gasteiger partial charge in [-0.3, -0.25) is 0 Å². The molecule has 1 N–H and O–H groups in total. The molecule has 2 heteroatoms. The van der Waals surface area contributed by atoms with Crippen molar-refractivity contribution in [1.82, 2.24) is 10.2 Å². The Morgan fingerprint density at radius 1 is 1.31 bits per heavy atom. The van der Waals surface area contributed by atoms with Gasteiger partial charge < -0.3 is 10.2 Å². The molecule has 1 aliphatic carbocycles. The van der Waals surface area contributed by atoms with Gasteiger partial charge in [0.15, 0.2) is 0 Å². The van der Waals surface area contributed by atoms with Gasteiger partial charge >= 0.3 is 0 Å². The van der Waals surface area contributed by atoms with Crippen molar-refractivity contribution in [3.8, 4) is 0 Å². The minimum atomic E-state index is 0.824. The molecule has 0 aromatic carbocycles. The maximum absolute atomic E-state index is 3.51. The standard InChI is InChI=1S/C14H28N2/c1-12(14-7-8-14)16(2)10-4-6-13-5-3-9-15-11-13/h12-15H,3-11H2,1-2H3. The van der Waals surface area contributed by atoms with E-state index in [4.69, 9.17) is 0 Å². The maximum Gasteiger partial charge on any atom is 0.00921 e. The summed E-state index contributed by atoms with van der Waals surface area (Å²) in [5, 5.41) is 3.51. The number of hydrogen-bond donors (Lipinski definition) is 1. The summed E-state index contributed by atoms with van der Waals surface area (Å²) in [5.41, 5.74) is 0. The molecule has 2 atom stereocenters. The summed E-state index contributed by atoms with van der Waals surface area (Å²) in [6.45, 7) is 6.21. The Morgan fingerprint density at radius 3 is 2.75 bits per heavy atom. The van der Waals surface area contributed by atoms with Crippen LogP contribution >= 0.6 is 0 Å². The van der Waals surface area contributed by atoms with Crippen molar-refractivity contribution in [3.05, 3.63) is 0 Å². The fourth-order valence-corrected chi connectivity index (χ4v) is 2.94. The Bertz CT molecular complexity index is 195. The van der Waals surface area contributed by atoms with E-state index in [1.165, 1.54) is 58.2 Å². The van der Waals surface area contributed by atoms with E-state index in [2.05, 4.69) is 24.2 Å². The van der Waals surface area contributed by atoms with E-state index in [9.17, 15) is 0 Å². The minimum absolute atomic E-state index is 0.824. The molecule has 94 valence electrons. The van der Waals surface area contributed by atoms with E-state index in [-0.39, 0.29) is 0 Å². The van der Waals surface area contributed by atoms with Crippen LogP contribution in [0.2, 0.25) is 0 Å². The Balaban J connectivity index is 1.55. The number of rotatable bonds is 6. The molecule has 0 spiro atoms. The van der Waals surface area contributed by atoms with Crippen LogP contribution in [0.4, 0.5) is 0 Å². The second-order valence-electron chi connectivity index (χ2n) is 5.91. The first kappa shape index (κ1) is 12.4. The van der Waals surface area contributed by atoms with Gasteiger partial charge in [0.2, 0.25) is 0 Å². The molecule has 0 aromatic heterocycles. The average Bonchev–Trinajstić information content (AvgIpc) is 3.13. The first-order valence-electron chi connectivity index (χ1n) is 7.18. The molecule has 2 aliphatic rings. The normalized spacial score (nSPS) is 28.3. The molecular formula is C14H28N2. The fourth-order valence-electron chi connectivity index (χ4n) is 2.94. The van der Waals surface area contributed by atoms with Crippen LogP contribution in [-0.2, 0) is 0 Å². The Kier molecular flexibility index (Phi) is 4.66. The van der Waals surface area contributed by atoms with E-state index < -0.39 is 0 Å². The van der Waals surface area contributed by atoms with E-state index in [1.807, 2.05) is 0 Å². The second kappa shape index (κ2) is 6.02. The summed E-state index contributed by atoms with van der Waals surface area (Å²) in [6.07, 6.45) is 8.60. The van der Waals surface area contributed by atoms with Crippen LogP contribution in [0.5, 0.6) is 0 Å². The largest absolute Gasteiger partial charge is 0.316 e. The average molecular weight is 224 g/mol. The summed E-state index contributed by atoms with van der Waals surface area (Å²) >= 11 is 0. The summed E-state index contributed by atoms with van der Waals surface area (Å²) < 4.78 is 0. The molecule has 0 amide bonds. The lowest BCUT2D eigenvalue weighted by atomic mass is 9.94. The Hall–Kier alpha value is -0.0800. The number of piperidine rings is 1.